The Morgan fingerprint density at radius 3 is 1.43 bits per heavy atom. The Balaban J connectivity index is 0.000000156. The lowest BCUT2D eigenvalue weighted by molar-refractivity contribution is -0.137. The molecule has 2 aromatic heterocycles. The zero-order chi connectivity index (χ0) is 89.4. The number of piperidine rings is 8. The van der Waals surface area contributed by atoms with E-state index < -0.39 is 90.8 Å². The Morgan fingerprint density at radius 2 is 0.961 bits per heavy atom. The van der Waals surface area contributed by atoms with Crippen molar-refractivity contribution >= 4 is 131 Å². The number of aldehydes is 1. The number of nitrogens with one attached hydrogen (secondary N) is 6. The second kappa shape index (κ2) is 37.1. The summed E-state index contributed by atoms with van der Waals surface area (Å²) < 4.78 is 47.4. The zero-order valence-corrected chi connectivity index (χ0v) is 72.4. The van der Waals surface area contributed by atoms with Crippen molar-refractivity contribution in [2.75, 3.05) is 96.3 Å². The van der Waals surface area contributed by atoms with Crippen LogP contribution >= 0.6 is 0 Å². The highest BCUT2D eigenvalue weighted by atomic mass is 32.2. The van der Waals surface area contributed by atoms with Crippen molar-refractivity contribution in [1.29, 1.82) is 0 Å². The quantitative estimate of drug-likeness (QED) is 0.0372. The van der Waals surface area contributed by atoms with Crippen molar-refractivity contribution in [1.82, 2.24) is 61.2 Å². The van der Waals surface area contributed by atoms with Gasteiger partial charge in [-0.05, 0) is 200 Å². The van der Waals surface area contributed by atoms with E-state index in [4.69, 9.17) is 16.5 Å². The zero-order valence-electron chi connectivity index (χ0n) is 70.8. The smallest absolute Gasteiger partial charge is 0.271 e. The van der Waals surface area contributed by atoms with E-state index >= 15 is 0 Å². The molecular weight excluding hydrogens is 1670 g/mol. The Kier molecular flexibility index (Phi) is 25.8. The van der Waals surface area contributed by atoms with Gasteiger partial charge in [0.25, 0.3) is 35.4 Å². The van der Waals surface area contributed by atoms with E-state index in [1.807, 2.05) is 6.07 Å². The number of primary amides is 2. The van der Waals surface area contributed by atoms with Crippen LogP contribution in [0.1, 0.15) is 202 Å². The minimum absolute atomic E-state index is 0.00588. The third-order valence-electron chi connectivity index (χ3n) is 27.0. The third kappa shape index (κ3) is 19.6. The van der Waals surface area contributed by atoms with Crippen LogP contribution in [0.15, 0.2) is 107 Å². The van der Waals surface area contributed by atoms with Gasteiger partial charge in [0.2, 0.25) is 35.4 Å². The molecule has 36 nitrogen and oxygen atoms in total. The molecule has 10 saturated heterocycles. The maximum atomic E-state index is 13.8. The average molecular weight is 1780 g/mol. The first-order chi connectivity index (χ1) is 60.8. The second-order valence-corrected chi connectivity index (χ2v) is 39.6. The highest BCUT2D eigenvalue weighted by Gasteiger charge is 2.49. The normalized spacial score (nSPS) is 25.1. The summed E-state index contributed by atoms with van der Waals surface area (Å²) in [5.41, 5.74) is 15.8. The summed E-state index contributed by atoms with van der Waals surface area (Å²) in [5, 5.41) is 17.7. The Morgan fingerprint density at radius 1 is 0.504 bits per heavy atom. The van der Waals surface area contributed by atoms with Gasteiger partial charge in [-0.1, -0.05) is 12.1 Å². The van der Waals surface area contributed by atoms with Crippen LogP contribution in [0.4, 0.5) is 34.5 Å². The molecule has 8 atom stereocenters. The average Bonchev–Trinajstić information content (AvgIpc) is 1.60. The van der Waals surface area contributed by atoms with Gasteiger partial charge in [0.15, 0.2) is 31.2 Å². The molecule has 10 N–H and O–H groups in total. The topological polar surface area (TPSA) is 489 Å². The van der Waals surface area contributed by atoms with E-state index in [0.29, 0.717) is 84.8 Å². The molecule has 12 amide bonds. The van der Waals surface area contributed by atoms with Crippen LogP contribution < -0.4 is 63.0 Å². The number of aromatic nitrogens is 4. The first-order valence-electron chi connectivity index (χ1n) is 43.8. The van der Waals surface area contributed by atoms with Gasteiger partial charge in [-0.2, -0.15) is 0 Å². The van der Waals surface area contributed by atoms with Crippen LogP contribution in [0.3, 0.4) is 0 Å². The fourth-order valence-electron chi connectivity index (χ4n) is 20.2. The molecular formula is C89H105N19O17S2. The SMILES string of the molecule is CS(=O)(=O)c1ccc(Cc2nc(N3CCC[C@@H](NC(=O)C4CC5CCC(C4)N5CC4CCN(c5ccc6c(c5)C(=O)N(C5CCC(=O)NC5=O)C6=O)CC4)C3)cnc2C(N)=O)cc1.CS(=O)(=O)c1ccc(Nc2nc(N3CCC[C@@H](NC(=O)C4CC5CCC(C4)N5)C3)cnc2C(N)=O)cc1.O=CC1CCN(c2ccc3c(c2)C(=O)N(C2CCC(=O)NC2=O)C3=O)CC1. The van der Waals surface area contributed by atoms with Crippen molar-refractivity contribution in [3.05, 3.63) is 142 Å². The largest absolute Gasteiger partial charge is 0.371 e. The number of benzene rings is 4. The Bertz CT molecular complexity index is 5610. The van der Waals surface area contributed by atoms with Crippen LogP contribution in [0.5, 0.6) is 0 Å². The number of sulfone groups is 2. The number of carbonyl (C=O) groups is 13. The number of amides is 12. The molecule has 38 heteroatoms. The summed E-state index contributed by atoms with van der Waals surface area (Å²) in [6.45, 7) is 6.67. The van der Waals surface area contributed by atoms with Crippen LogP contribution in [0, 0.1) is 23.7 Å². The van der Waals surface area contributed by atoms with Crippen molar-refractivity contribution < 1.29 is 79.2 Å². The maximum absolute atomic E-state index is 13.8. The number of nitrogens with zero attached hydrogens (tertiary/aromatic N) is 11. The highest BCUT2D eigenvalue weighted by Crippen LogP contribution is 2.42. The molecule has 18 rings (SSSR count). The molecule has 10 fully saturated rings. The number of imide groups is 4. The van der Waals surface area contributed by atoms with Gasteiger partial charge in [0, 0.05) is 162 Å². The molecule has 12 aliphatic rings. The molecule has 4 aromatic carbocycles. The van der Waals surface area contributed by atoms with Crippen molar-refractivity contribution in [2.24, 2.45) is 35.1 Å². The third-order valence-corrected chi connectivity index (χ3v) is 29.3. The van der Waals surface area contributed by atoms with E-state index in [1.165, 1.54) is 30.5 Å². The number of anilines is 6. The van der Waals surface area contributed by atoms with Crippen LogP contribution in [0.2, 0.25) is 0 Å². The van der Waals surface area contributed by atoms with E-state index in [-0.39, 0.29) is 117 Å². The van der Waals surface area contributed by atoms with Gasteiger partial charge in [0.05, 0.1) is 50.1 Å². The summed E-state index contributed by atoms with van der Waals surface area (Å²) >= 11 is 0. The summed E-state index contributed by atoms with van der Waals surface area (Å²) in [7, 11) is -6.68. The van der Waals surface area contributed by atoms with E-state index in [1.54, 1.807) is 60.8 Å². The molecule has 12 aliphatic heterocycles. The molecule has 0 saturated carbocycles. The minimum Gasteiger partial charge on any atom is -0.371 e. The minimum atomic E-state index is -3.35. The Labute approximate surface area is 734 Å². The summed E-state index contributed by atoms with van der Waals surface area (Å²) in [6, 6.07) is 22.7. The van der Waals surface area contributed by atoms with Gasteiger partial charge in [-0.25, -0.2) is 36.8 Å². The van der Waals surface area contributed by atoms with Crippen molar-refractivity contribution in [3.63, 3.8) is 0 Å². The summed E-state index contributed by atoms with van der Waals surface area (Å²) in [6.07, 6.45) is 22.0. The predicted octanol–water partition coefficient (Wildman–Crippen LogP) is 4.06. The molecule has 6 aromatic rings. The standard InChI is InChI=1S/C45H53N9O8S.C25H33N7O4S.C19H19N3O5/c1-63(61,62)33-9-4-26(5-10-33)19-36-40(41(46)56)47-23-38(49-36)52-16-2-3-29(25-52)48-42(57)28-20-31-6-7-32(21-28)53(31)24-27-14-17-51(18-15-27)30-8-11-34-35(22-30)45(60)54(44(34)59)37-12-13-39(55)50-43(37)58;1-37(35,36)20-8-6-16(7-9-20)29-24-22(23(26)33)27-13-21(31-24)32-10-2-3-19(14-32)30-25(34)15-11-17-4-5-18(12-15)28-17;23-10-11-5-7-21(8-6-11)12-1-2-13-14(9-12)19(27)22(18(13)26)15-3-4-16(24)20-17(15)25/h4-5,8-11,22-23,27-29,31-32,37H,2-3,6-7,12-21,24-25H2,1H3,(H2,46,56)(H,48,57)(H,50,55,58);6-9,13,15,17-19,28H,2-5,10-12,14H2,1H3,(H2,26,33)(H,29,31)(H,30,34);1-2,9-11,15H,3-8H2,(H,20,24,25)/t28?,29-,31?,32?,37?;15?,17?,18?,19-;/m11./s1. The maximum Gasteiger partial charge on any atom is 0.271 e. The van der Waals surface area contributed by atoms with Crippen molar-refractivity contribution in [2.45, 2.75) is 193 Å². The van der Waals surface area contributed by atoms with E-state index in [0.717, 1.165) is 181 Å². The summed E-state index contributed by atoms with van der Waals surface area (Å²) in [4.78, 5) is 193. The van der Waals surface area contributed by atoms with E-state index in [2.05, 4.69) is 71.4 Å². The lowest BCUT2D eigenvalue weighted by Crippen LogP contribution is -2.54. The fourth-order valence-corrected chi connectivity index (χ4v) is 21.5. The number of nitrogens with two attached hydrogens (primary N) is 2. The molecule has 4 bridgehead atoms. The number of fused-ring (bicyclic) bond motifs is 6. The van der Waals surface area contributed by atoms with E-state index in [9.17, 15) is 79.2 Å². The molecule has 0 aliphatic carbocycles. The van der Waals surface area contributed by atoms with Crippen molar-refractivity contribution in [3.8, 4) is 0 Å². The number of rotatable bonds is 21. The molecule has 0 radical (unpaired) electrons. The number of hydrogen-bond acceptors (Lipinski definition) is 28. The number of carbonyl (C=O) groups excluding carboxylic acids is 13. The molecule has 6 unspecified atom stereocenters. The van der Waals surface area contributed by atoms with Gasteiger partial charge < -0.3 is 57.1 Å². The lowest BCUT2D eigenvalue weighted by atomic mass is 9.87. The lowest BCUT2D eigenvalue weighted by Gasteiger charge is -2.42. The molecule has 0 spiro atoms. The first kappa shape index (κ1) is 88.4. The monoisotopic (exact) mass is 1780 g/mol. The second-order valence-electron chi connectivity index (χ2n) is 35.6. The first-order valence-corrected chi connectivity index (χ1v) is 47.6. The van der Waals surface area contributed by atoms with Crippen LogP contribution in [-0.4, -0.2) is 248 Å². The Hall–Kier alpha value is -12.0. The van der Waals surface area contributed by atoms with Gasteiger partial charge in [-0.15, -0.1) is 0 Å². The van der Waals surface area contributed by atoms with Gasteiger partial charge in [0.1, 0.15) is 35.7 Å². The predicted molar refractivity (Wildman–Crippen MR) is 464 cm³/mol. The van der Waals surface area contributed by atoms with Crippen LogP contribution in [-0.2, 0) is 59.7 Å². The molecule has 127 heavy (non-hydrogen) atoms. The summed E-state index contributed by atoms with van der Waals surface area (Å²) in [5.74, 6) is -3.27. The molecule has 14 heterocycles. The van der Waals surface area contributed by atoms with Gasteiger partial charge >= 0.3 is 0 Å². The fraction of sp³-hybridized carbons (Fsp3) is 0.494. The molecule has 670 valence electrons. The van der Waals surface area contributed by atoms with Crippen LogP contribution in [0.25, 0.3) is 0 Å². The number of hydrogen-bond donors (Lipinski definition) is 8. The van der Waals surface area contributed by atoms with Gasteiger partial charge in [-0.3, -0.25) is 82.9 Å². The highest BCUT2D eigenvalue weighted by molar-refractivity contribution is 7.91.